The van der Waals surface area contributed by atoms with Gasteiger partial charge < -0.3 is 10.6 Å². The Balaban J connectivity index is 2.13. The van der Waals surface area contributed by atoms with E-state index in [4.69, 9.17) is 5.26 Å². The maximum absolute atomic E-state index is 12.5. The summed E-state index contributed by atoms with van der Waals surface area (Å²) >= 11 is 1.18. The highest BCUT2D eigenvalue weighted by molar-refractivity contribution is 7.90. The summed E-state index contributed by atoms with van der Waals surface area (Å²) < 4.78 is 24.9. The summed E-state index contributed by atoms with van der Waals surface area (Å²) in [6, 6.07) is 12.3. The van der Waals surface area contributed by atoms with E-state index in [1.54, 1.807) is 53.9 Å². The molecule has 1 heterocycles. The molecule has 0 aliphatic carbocycles. The van der Waals surface area contributed by atoms with Crippen LogP contribution < -0.4 is 10.6 Å². The van der Waals surface area contributed by atoms with Gasteiger partial charge in [0, 0.05) is 0 Å². The van der Waals surface area contributed by atoms with Crippen molar-refractivity contribution in [2.75, 3.05) is 12.3 Å². The van der Waals surface area contributed by atoms with Crippen molar-refractivity contribution in [3.8, 4) is 6.07 Å². The Hall–Kier alpha value is -2.70. The minimum Gasteiger partial charge on any atom is -0.341 e. The number of thiophene rings is 1. The van der Waals surface area contributed by atoms with Gasteiger partial charge in [0.2, 0.25) is 5.91 Å². The lowest BCUT2D eigenvalue weighted by Crippen LogP contribution is -2.50. The normalized spacial score (nSPS) is 12.0. The number of hydrogen-bond acceptors (Lipinski definition) is 6. The maximum atomic E-state index is 12.5. The fourth-order valence-corrected chi connectivity index (χ4v) is 4.40. The lowest BCUT2D eigenvalue weighted by atomic mass is 10.2. The molecule has 0 saturated heterocycles. The van der Waals surface area contributed by atoms with Crippen molar-refractivity contribution in [1.29, 1.82) is 5.26 Å². The predicted octanol–water partition coefficient (Wildman–Crippen LogP) is 1.10. The molecule has 2 rings (SSSR count). The standard InChI is InChI=1S/C17H17N3O4S2/c18-8-9-19-16(21)14(20-17(22)15-7-4-10-25-15)12-26(23,24)11-13-5-2-1-3-6-13/h1-7,10,14H,9,11-12H2,(H,19,21)(H,20,22)/t14-/m0/s1. The first-order chi connectivity index (χ1) is 12.4. The molecule has 1 atom stereocenters. The molecule has 136 valence electrons. The molecule has 0 saturated carbocycles. The third-order valence-electron chi connectivity index (χ3n) is 3.36. The van der Waals surface area contributed by atoms with Gasteiger partial charge in [0.25, 0.3) is 5.91 Å². The molecule has 2 N–H and O–H groups in total. The summed E-state index contributed by atoms with van der Waals surface area (Å²) in [5.41, 5.74) is 0.591. The maximum Gasteiger partial charge on any atom is 0.262 e. The Morgan fingerprint density at radius 3 is 2.50 bits per heavy atom. The van der Waals surface area contributed by atoms with Crippen molar-refractivity contribution >= 4 is 33.0 Å². The van der Waals surface area contributed by atoms with Crippen LogP contribution in [-0.2, 0) is 20.4 Å². The van der Waals surface area contributed by atoms with Crippen LogP contribution in [0.15, 0.2) is 47.8 Å². The van der Waals surface area contributed by atoms with Gasteiger partial charge in [-0.1, -0.05) is 36.4 Å². The number of rotatable bonds is 8. The fraction of sp³-hybridized carbons (Fsp3) is 0.235. The summed E-state index contributed by atoms with van der Waals surface area (Å²) in [5, 5.41) is 15.0. The predicted molar refractivity (Wildman–Crippen MR) is 98.1 cm³/mol. The lowest BCUT2D eigenvalue weighted by molar-refractivity contribution is -0.122. The van der Waals surface area contributed by atoms with Crippen molar-refractivity contribution in [3.05, 3.63) is 58.3 Å². The monoisotopic (exact) mass is 391 g/mol. The molecule has 26 heavy (non-hydrogen) atoms. The molecule has 9 heteroatoms. The van der Waals surface area contributed by atoms with E-state index in [2.05, 4.69) is 10.6 Å². The summed E-state index contributed by atoms with van der Waals surface area (Å²) in [6.07, 6.45) is 0. The van der Waals surface area contributed by atoms with Crippen LogP contribution in [-0.4, -0.2) is 38.6 Å². The molecule has 1 aromatic heterocycles. The molecule has 0 spiro atoms. The quantitative estimate of drug-likeness (QED) is 0.654. The van der Waals surface area contributed by atoms with Gasteiger partial charge in [-0.3, -0.25) is 9.59 Å². The molecular formula is C17H17N3O4S2. The highest BCUT2D eigenvalue weighted by Crippen LogP contribution is 2.11. The number of hydrogen-bond donors (Lipinski definition) is 2. The fourth-order valence-electron chi connectivity index (χ4n) is 2.21. The number of nitrogens with zero attached hydrogens (tertiary/aromatic N) is 1. The van der Waals surface area contributed by atoms with E-state index >= 15 is 0 Å². The van der Waals surface area contributed by atoms with Gasteiger partial charge in [0.05, 0.1) is 22.5 Å². The van der Waals surface area contributed by atoms with Crippen LogP contribution in [0.2, 0.25) is 0 Å². The van der Waals surface area contributed by atoms with E-state index < -0.39 is 33.4 Å². The van der Waals surface area contributed by atoms with Gasteiger partial charge in [-0.05, 0) is 17.0 Å². The summed E-state index contributed by atoms with van der Waals surface area (Å²) in [6.45, 7) is -0.275. The third kappa shape index (κ3) is 5.98. The first kappa shape index (κ1) is 19.6. The van der Waals surface area contributed by atoms with E-state index in [9.17, 15) is 18.0 Å². The SMILES string of the molecule is N#CCNC(=O)[C@H](CS(=O)(=O)Cc1ccccc1)NC(=O)c1cccs1. The number of amides is 2. The van der Waals surface area contributed by atoms with E-state index in [1.165, 1.54) is 11.3 Å². The summed E-state index contributed by atoms with van der Waals surface area (Å²) in [4.78, 5) is 24.8. The number of nitrogens with one attached hydrogen (secondary N) is 2. The Kier molecular flexibility index (Phi) is 6.89. The molecule has 2 amide bonds. The van der Waals surface area contributed by atoms with Crippen LogP contribution >= 0.6 is 11.3 Å². The van der Waals surface area contributed by atoms with Gasteiger partial charge in [0.1, 0.15) is 12.6 Å². The highest BCUT2D eigenvalue weighted by atomic mass is 32.2. The van der Waals surface area contributed by atoms with Crippen LogP contribution in [0.5, 0.6) is 0 Å². The average Bonchev–Trinajstić information content (AvgIpc) is 3.14. The molecule has 0 fully saturated rings. The van der Waals surface area contributed by atoms with Crippen LogP contribution in [0.1, 0.15) is 15.2 Å². The zero-order valence-corrected chi connectivity index (χ0v) is 15.3. The van der Waals surface area contributed by atoms with Crippen molar-refractivity contribution in [1.82, 2.24) is 10.6 Å². The van der Waals surface area contributed by atoms with Crippen LogP contribution in [0.3, 0.4) is 0 Å². The van der Waals surface area contributed by atoms with Gasteiger partial charge in [-0.25, -0.2) is 8.42 Å². The first-order valence-electron chi connectivity index (χ1n) is 7.64. The molecule has 0 aliphatic rings. The van der Waals surface area contributed by atoms with Gasteiger partial charge in [-0.2, -0.15) is 5.26 Å². The van der Waals surface area contributed by atoms with E-state index in [0.717, 1.165) is 0 Å². The Morgan fingerprint density at radius 1 is 1.15 bits per heavy atom. The summed E-state index contributed by atoms with van der Waals surface area (Å²) in [5.74, 6) is -2.05. The van der Waals surface area contributed by atoms with E-state index in [-0.39, 0.29) is 12.3 Å². The van der Waals surface area contributed by atoms with Crippen LogP contribution in [0.4, 0.5) is 0 Å². The van der Waals surface area contributed by atoms with Crippen molar-refractivity contribution in [2.45, 2.75) is 11.8 Å². The Labute approximate surface area is 155 Å². The molecule has 2 aromatic rings. The minimum absolute atomic E-state index is 0.245. The second-order valence-corrected chi connectivity index (χ2v) is 8.48. The molecule has 0 radical (unpaired) electrons. The molecule has 0 bridgehead atoms. The zero-order chi connectivity index (χ0) is 19.0. The van der Waals surface area contributed by atoms with E-state index in [1.807, 2.05) is 0 Å². The molecule has 1 aromatic carbocycles. The minimum atomic E-state index is -3.67. The molecular weight excluding hydrogens is 374 g/mol. The Morgan fingerprint density at radius 2 is 1.88 bits per heavy atom. The Bertz CT molecular complexity index is 888. The number of carbonyl (C=O) groups is 2. The molecule has 7 nitrogen and oxygen atoms in total. The van der Waals surface area contributed by atoms with Gasteiger partial charge in [0.15, 0.2) is 9.84 Å². The highest BCUT2D eigenvalue weighted by Gasteiger charge is 2.28. The van der Waals surface area contributed by atoms with Gasteiger partial charge in [-0.15, -0.1) is 11.3 Å². The lowest BCUT2D eigenvalue weighted by Gasteiger charge is -2.17. The van der Waals surface area contributed by atoms with Crippen LogP contribution in [0, 0.1) is 11.3 Å². The number of nitriles is 1. The second-order valence-electron chi connectivity index (χ2n) is 5.42. The number of benzene rings is 1. The van der Waals surface area contributed by atoms with Crippen molar-refractivity contribution in [2.24, 2.45) is 0 Å². The molecule has 0 aliphatic heterocycles. The largest absolute Gasteiger partial charge is 0.341 e. The average molecular weight is 391 g/mol. The third-order valence-corrected chi connectivity index (χ3v) is 5.84. The van der Waals surface area contributed by atoms with Crippen molar-refractivity contribution < 1.29 is 18.0 Å². The second kappa shape index (κ2) is 9.12. The number of carbonyl (C=O) groups excluding carboxylic acids is 2. The van der Waals surface area contributed by atoms with Crippen molar-refractivity contribution in [3.63, 3.8) is 0 Å². The smallest absolute Gasteiger partial charge is 0.262 e. The molecule has 0 unspecified atom stereocenters. The topological polar surface area (TPSA) is 116 Å². The van der Waals surface area contributed by atoms with E-state index in [0.29, 0.717) is 10.4 Å². The van der Waals surface area contributed by atoms with Gasteiger partial charge >= 0.3 is 0 Å². The first-order valence-corrected chi connectivity index (χ1v) is 10.3. The summed E-state index contributed by atoms with van der Waals surface area (Å²) in [7, 11) is -3.67. The zero-order valence-electron chi connectivity index (χ0n) is 13.7. The van der Waals surface area contributed by atoms with Crippen LogP contribution in [0.25, 0.3) is 0 Å². The number of sulfone groups is 1.